The molecule has 2 amide bonds. The smallest absolute Gasteiger partial charge is 0.309 e. The number of rotatable bonds is 6. The van der Waals surface area contributed by atoms with Crippen molar-refractivity contribution in [2.45, 2.75) is 19.6 Å². The molecule has 0 unspecified atom stereocenters. The van der Waals surface area contributed by atoms with Crippen LogP contribution in [0.2, 0.25) is 0 Å². The van der Waals surface area contributed by atoms with Gasteiger partial charge < -0.3 is 19.8 Å². The zero-order chi connectivity index (χ0) is 15.9. The molecule has 22 heavy (non-hydrogen) atoms. The molecule has 2 heterocycles. The molecule has 0 bridgehead atoms. The SMILES string of the molecule is CO[C@H](CNC(=O)C(=O)NCc1ccco1)c1ccc(C)s1. The zero-order valence-electron chi connectivity index (χ0n) is 12.4. The molecule has 2 rings (SSSR count). The van der Waals surface area contributed by atoms with E-state index in [9.17, 15) is 9.59 Å². The second-order valence-corrected chi connectivity index (χ2v) is 5.96. The number of amides is 2. The molecule has 1 atom stereocenters. The van der Waals surface area contributed by atoms with Gasteiger partial charge in [-0.05, 0) is 31.2 Å². The van der Waals surface area contributed by atoms with Crippen molar-refractivity contribution in [3.05, 3.63) is 46.0 Å². The Morgan fingerprint density at radius 1 is 1.27 bits per heavy atom. The predicted molar refractivity (Wildman–Crippen MR) is 82.4 cm³/mol. The minimum Gasteiger partial charge on any atom is -0.467 e. The molecule has 0 fully saturated rings. The van der Waals surface area contributed by atoms with Crippen molar-refractivity contribution in [2.24, 2.45) is 0 Å². The summed E-state index contributed by atoms with van der Waals surface area (Å²) in [5, 5.41) is 5.06. The van der Waals surface area contributed by atoms with E-state index in [0.717, 1.165) is 4.88 Å². The molecule has 7 heteroatoms. The van der Waals surface area contributed by atoms with Crippen LogP contribution in [0.25, 0.3) is 0 Å². The minimum atomic E-state index is -0.700. The summed E-state index contributed by atoms with van der Waals surface area (Å²) in [5.74, 6) is -0.805. The maximum atomic E-state index is 11.8. The average Bonchev–Trinajstić information content (AvgIpc) is 3.17. The number of aryl methyl sites for hydroxylation is 1. The topological polar surface area (TPSA) is 80.6 Å². The lowest BCUT2D eigenvalue weighted by Crippen LogP contribution is -2.41. The summed E-state index contributed by atoms with van der Waals surface area (Å²) in [6.45, 7) is 2.42. The highest BCUT2D eigenvalue weighted by molar-refractivity contribution is 7.12. The van der Waals surface area contributed by atoms with E-state index >= 15 is 0 Å². The van der Waals surface area contributed by atoms with E-state index in [1.807, 2.05) is 19.1 Å². The fourth-order valence-corrected chi connectivity index (χ4v) is 2.81. The first-order valence-corrected chi connectivity index (χ1v) is 7.59. The predicted octanol–water partition coefficient (Wildman–Crippen LogP) is 1.77. The molecule has 0 saturated carbocycles. The standard InChI is InChI=1S/C15H18N2O4S/c1-10-5-6-13(22-10)12(20-2)9-17-15(19)14(18)16-8-11-4-3-7-21-11/h3-7,12H,8-9H2,1-2H3,(H,16,18)(H,17,19)/t12-/m1/s1. The summed E-state index contributed by atoms with van der Waals surface area (Å²) in [4.78, 5) is 25.6. The van der Waals surface area contributed by atoms with Crippen LogP contribution in [-0.2, 0) is 20.9 Å². The van der Waals surface area contributed by atoms with E-state index in [-0.39, 0.29) is 19.2 Å². The van der Waals surface area contributed by atoms with Gasteiger partial charge >= 0.3 is 11.8 Å². The van der Waals surface area contributed by atoms with Crippen LogP contribution in [0.1, 0.15) is 21.6 Å². The fourth-order valence-electron chi connectivity index (χ4n) is 1.85. The summed E-state index contributed by atoms with van der Waals surface area (Å²) >= 11 is 1.60. The number of hydrogen-bond donors (Lipinski definition) is 2. The Morgan fingerprint density at radius 3 is 2.64 bits per heavy atom. The zero-order valence-corrected chi connectivity index (χ0v) is 13.2. The number of methoxy groups -OCH3 is 1. The van der Waals surface area contributed by atoms with Crippen LogP contribution in [0.4, 0.5) is 0 Å². The summed E-state index contributed by atoms with van der Waals surface area (Å²) in [6.07, 6.45) is 1.24. The Morgan fingerprint density at radius 2 is 2.05 bits per heavy atom. The van der Waals surface area contributed by atoms with Gasteiger partial charge in [-0.1, -0.05) is 0 Å². The highest BCUT2D eigenvalue weighted by atomic mass is 32.1. The lowest BCUT2D eigenvalue weighted by atomic mass is 10.3. The molecule has 0 aliphatic carbocycles. The van der Waals surface area contributed by atoms with Gasteiger partial charge in [0.2, 0.25) is 0 Å². The van der Waals surface area contributed by atoms with Crippen molar-refractivity contribution >= 4 is 23.2 Å². The third-order valence-corrected chi connectivity index (χ3v) is 4.11. The number of thiophene rings is 1. The maximum Gasteiger partial charge on any atom is 0.309 e. The molecule has 0 saturated heterocycles. The van der Waals surface area contributed by atoms with E-state index in [1.54, 1.807) is 30.6 Å². The number of furan rings is 1. The number of carbonyl (C=O) groups excluding carboxylic acids is 2. The number of ether oxygens (including phenoxy) is 1. The van der Waals surface area contributed by atoms with Gasteiger partial charge in [-0.25, -0.2) is 0 Å². The van der Waals surface area contributed by atoms with Crippen molar-refractivity contribution in [1.82, 2.24) is 10.6 Å². The van der Waals surface area contributed by atoms with Crippen molar-refractivity contribution < 1.29 is 18.7 Å². The van der Waals surface area contributed by atoms with E-state index in [2.05, 4.69) is 10.6 Å². The Bertz CT molecular complexity index is 621. The third-order valence-electron chi connectivity index (χ3n) is 3.02. The lowest BCUT2D eigenvalue weighted by Gasteiger charge is -2.14. The van der Waals surface area contributed by atoms with E-state index in [1.165, 1.54) is 11.1 Å². The van der Waals surface area contributed by atoms with E-state index < -0.39 is 11.8 Å². The van der Waals surface area contributed by atoms with Gasteiger partial charge in [0.05, 0.1) is 12.8 Å². The highest BCUT2D eigenvalue weighted by Gasteiger charge is 2.18. The molecule has 118 valence electrons. The molecule has 2 N–H and O–H groups in total. The van der Waals surface area contributed by atoms with Crippen molar-refractivity contribution in [2.75, 3.05) is 13.7 Å². The first-order chi connectivity index (χ1) is 10.6. The summed E-state index contributed by atoms with van der Waals surface area (Å²) in [7, 11) is 1.57. The van der Waals surface area contributed by atoms with Crippen molar-refractivity contribution in [3.63, 3.8) is 0 Å². The number of hydrogen-bond acceptors (Lipinski definition) is 5. The van der Waals surface area contributed by atoms with Gasteiger partial charge in [0.15, 0.2) is 0 Å². The fraction of sp³-hybridized carbons (Fsp3) is 0.333. The molecule has 2 aromatic rings. The normalized spacial score (nSPS) is 11.9. The summed E-state index contributed by atoms with van der Waals surface area (Å²) in [6, 6.07) is 7.38. The van der Waals surface area contributed by atoms with Gasteiger partial charge in [0.25, 0.3) is 0 Å². The monoisotopic (exact) mass is 322 g/mol. The Kier molecular flexibility index (Phi) is 5.74. The first-order valence-electron chi connectivity index (χ1n) is 6.77. The Hall–Kier alpha value is -2.12. The summed E-state index contributed by atoms with van der Waals surface area (Å²) < 4.78 is 10.4. The second-order valence-electron chi connectivity index (χ2n) is 4.64. The molecular weight excluding hydrogens is 304 g/mol. The minimum absolute atomic E-state index is 0.178. The number of nitrogens with one attached hydrogen (secondary N) is 2. The van der Waals surface area contributed by atoms with Crippen LogP contribution in [0.3, 0.4) is 0 Å². The molecule has 6 nitrogen and oxygen atoms in total. The van der Waals surface area contributed by atoms with Gasteiger partial charge in [-0.15, -0.1) is 11.3 Å². The highest BCUT2D eigenvalue weighted by Crippen LogP contribution is 2.24. The van der Waals surface area contributed by atoms with Gasteiger partial charge in [-0.3, -0.25) is 9.59 Å². The number of carbonyl (C=O) groups is 2. The quantitative estimate of drug-likeness (QED) is 0.794. The Balaban J connectivity index is 1.79. The largest absolute Gasteiger partial charge is 0.467 e. The van der Waals surface area contributed by atoms with Gasteiger partial charge in [0.1, 0.15) is 11.9 Å². The van der Waals surface area contributed by atoms with Crippen LogP contribution in [0.15, 0.2) is 34.9 Å². The molecule has 0 aliphatic rings. The second kappa shape index (κ2) is 7.77. The van der Waals surface area contributed by atoms with Crippen LogP contribution < -0.4 is 10.6 Å². The van der Waals surface area contributed by atoms with Crippen molar-refractivity contribution in [3.8, 4) is 0 Å². The molecule has 2 aromatic heterocycles. The van der Waals surface area contributed by atoms with Crippen molar-refractivity contribution in [1.29, 1.82) is 0 Å². The molecule has 0 aromatic carbocycles. The molecule has 0 radical (unpaired) electrons. The van der Waals surface area contributed by atoms with Crippen LogP contribution in [0.5, 0.6) is 0 Å². The van der Waals surface area contributed by atoms with Gasteiger partial charge in [-0.2, -0.15) is 0 Å². The molecule has 0 spiro atoms. The molecule has 0 aliphatic heterocycles. The van der Waals surface area contributed by atoms with Crippen LogP contribution in [-0.4, -0.2) is 25.5 Å². The third kappa shape index (κ3) is 4.44. The van der Waals surface area contributed by atoms with Crippen LogP contribution in [0, 0.1) is 6.92 Å². The maximum absolute atomic E-state index is 11.8. The first kappa shape index (κ1) is 16.3. The van der Waals surface area contributed by atoms with E-state index in [0.29, 0.717) is 5.76 Å². The van der Waals surface area contributed by atoms with Gasteiger partial charge in [0, 0.05) is 23.4 Å². The average molecular weight is 322 g/mol. The lowest BCUT2D eigenvalue weighted by molar-refractivity contribution is -0.139. The van der Waals surface area contributed by atoms with Crippen LogP contribution >= 0.6 is 11.3 Å². The van der Waals surface area contributed by atoms with E-state index in [4.69, 9.17) is 9.15 Å². The Labute approximate surface area is 132 Å². The summed E-state index contributed by atoms with van der Waals surface area (Å²) in [5.41, 5.74) is 0. The molecular formula is C15H18N2O4S.